The van der Waals surface area contributed by atoms with Gasteiger partial charge in [-0.1, -0.05) is 27.2 Å². The highest BCUT2D eigenvalue weighted by molar-refractivity contribution is 8.00. The second-order valence-electron chi connectivity index (χ2n) is 5.25. The van der Waals surface area contributed by atoms with Crippen molar-refractivity contribution in [2.24, 2.45) is 17.8 Å². The van der Waals surface area contributed by atoms with Gasteiger partial charge in [-0.2, -0.15) is 0 Å². The molecule has 0 radical (unpaired) electrons. The fourth-order valence-electron chi connectivity index (χ4n) is 3.07. The largest absolute Gasteiger partial charge is 0.363 e. The van der Waals surface area contributed by atoms with Gasteiger partial charge in [0.2, 0.25) is 0 Å². The van der Waals surface area contributed by atoms with E-state index in [9.17, 15) is 0 Å². The second-order valence-corrected chi connectivity index (χ2v) is 6.63. The van der Waals surface area contributed by atoms with Crippen LogP contribution >= 0.6 is 11.8 Å². The molecular formula is C12H22OS. The summed E-state index contributed by atoms with van der Waals surface area (Å²) in [6, 6.07) is 0. The van der Waals surface area contributed by atoms with Crippen LogP contribution in [0.25, 0.3) is 0 Å². The monoisotopic (exact) mass is 214 g/mol. The molecule has 82 valence electrons. The molecule has 1 unspecified atom stereocenters. The van der Waals surface area contributed by atoms with E-state index in [0.29, 0.717) is 0 Å². The molecule has 0 bridgehead atoms. The Morgan fingerprint density at radius 2 is 2.14 bits per heavy atom. The molecule has 2 fully saturated rings. The lowest BCUT2D eigenvalue weighted by molar-refractivity contribution is -0.0479. The Kier molecular flexibility index (Phi) is 3.13. The quantitative estimate of drug-likeness (QED) is 0.660. The summed E-state index contributed by atoms with van der Waals surface area (Å²) in [7, 11) is 0. The van der Waals surface area contributed by atoms with Gasteiger partial charge in [-0.15, -0.1) is 11.8 Å². The Morgan fingerprint density at radius 3 is 2.71 bits per heavy atom. The van der Waals surface area contributed by atoms with Crippen molar-refractivity contribution in [1.29, 1.82) is 0 Å². The van der Waals surface area contributed by atoms with Gasteiger partial charge >= 0.3 is 0 Å². The lowest BCUT2D eigenvalue weighted by Gasteiger charge is -2.44. The van der Waals surface area contributed by atoms with Gasteiger partial charge in [0.1, 0.15) is 4.93 Å². The molecule has 2 aliphatic rings. The molecule has 2 heteroatoms. The van der Waals surface area contributed by atoms with Gasteiger partial charge in [0.15, 0.2) is 0 Å². The van der Waals surface area contributed by atoms with Crippen LogP contribution in [0.2, 0.25) is 0 Å². The fraction of sp³-hybridized carbons (Fsp3) is 1.00. The Bertz CT molecular complexity index is 196. The van der Waals surface area contributed by atoms with Crippen LogP contribution in [0, 0.1) is 17.8 Å². The minimum Gasteiger partial charge on any atom is -0.363 e. The highest BCUT2D eigenvalue weighted by atomic mass is 32.2. The van der Waals surface area contributed by atoms with E-state index in [1.807, 2.05) is 0 Å². The average Bonchev–Trinajstić information content (AvgIpc) is 2.52. The van der Waals surface area contributed by atoms with E-state index in [1.54, 1.807) is 0 Å². The van der Waals surface area contributed by atoms with Crippen LogP contribution in [0.4, 0.5) is 0 Å². The maximum absolute atomic E-state index is 6.09. The summed E-state index contributed by atoms with van der Waals surface area (Å²) >= 11 is 2.08. The Hall–Kier alpha value is 0.310. The van der Waals surface area contributed by atoms with Crippen molar-refractivity contribution in [1.82, 2.24) is 0 Å². The summed E-state index contributed by atoms with van der Waals surface area (Å²) < 4.78 is 6.09. The average molecular weight is 214 g/mol. The van der Waals surface area contributed by atoms with E-state index in [-0.39, 0.29) is 4.93 Å². The van der Waals surface area contributed by atoms with Crippen LogP contribution in [-0.4, -0.2) is 17.3 Å². The number of ether oxygens (including phenoxy) is 1. The third-order valence-electron chi connectivity index (χ3n) is 3.75. The number of rotatable bonds is 1. The summed E-state index contributed by atoms with van der Waals surface area (Å²) in [5.74, 6) is 3.62. The molecule has 1 aliphatic heterocycles. The van der Waals surface area contributed by atoms with E-state index in [1.165, 1.54) is 25.0 Å². The first-order chi connectivity index (χ1) is 6.64. The van der Waals surface area contributed by atoms with E-state index in [4.69, 9.17) is 4.74 Å². The van der Waals surface area contributed by atoms with Crippen molar-refractivity contribution >= 4 is 11.8 Å². The summed E-state index contributed by atoms with van der Waals surface area (Å²) in [5, 5.41) is 0. The maximum atomic E-state index is 6.09. The zero-order valence-electron chi connectivity index (χ0n) is 9.58. The summed E-state index contributed by atoms with van der Waals surface area (Å²) in [4.78, 5) is 0.200. The van der Waals surface area contributed by atoms with Gasteiger partial charge in [0, 0.05) is 5.75 Å². The van der Waals surface area contributed by atoms with Gasteiger partial charge in [-0.05, 0) is 30.6 Å². The van der Waals surface area contributed by atoms with Crippen molar-refractivity contribution < 1.29 is 4.74 Å². The van der Waals surface area contributed by atoms with E-state index in [0.717, 1.165) is 24.4 Å². The van der Waals surface area contributed by atoms with Crippen LogP contribution in [0.15, 0.2) is 0 Å². The predicted molar refractivity (Wildman–Crippen MR) is 62.5 cm³/mol. The molecule has 2 rings (SSSR count). The van der Waals surface area contributed by atoms with Crippen molar-refractivity contribution in [3.05, 3.63) is 0 Å². The van der Waals surface area contributed by atoms with Crippen LogP contribution < -0.4 is 0 Å². The first-order valence-corrected chi connectivity index (χ1v) is 6.90. The van der Waals surface area contributed by atoms with Crippen molar-refractivity contribution in [2.75, 3.05) is 12.4 Å². The molecule has 0 N–H and O–H groups in total. The van der Waals surface area contributed by atoms with Crippen molar-refractivity contribution in [3.63, 3.8) is 0 Å². The molecule has 0 aromatic carbocycles. The topological polar surface area (TPSA) is 9.23 Å². The highest BCUT2D eigenvalue weighted by Crippen LogP contribution is 2.52. The highest BCUT2D eigenvalue weighted by Gasteiger charge is 2.47. The van der Waals surface area contributed by atoms with E-state index < -0.39 is 0 Å². The molecule has 0 aromatic rings. The van der Waals surface area contributed by atoms with Gasteiger partial charge < -0.3 is 4.74 Å². The van der Waals surface area contributed by atoms with Crippen LogP contribution in [-0.2, 0) is 4.74 Å². The lowest BCUT2D eigenvalue weighted by atomic mass is 9.75. The smallest absolute Gasteiger partial charge is 0.117 e. The lowest BCUT2D eigenvalue weighted by Crippen LogP contribution is -2.42. The molecule has 1 saturated carbocycles. The molecule has 3 atom stereocenters. The molecule has 1 saturated heterocycles. The summed E-state index contributed by atoms with van der Waals surface area (Å²) in [6.07, 6.45) is 4.04. The fourth-order valence-corrected chi connectivity index (χ4v) is 4.75. The zero-order valence-corrected chi connectivity index (χ0v) is 10.4. The first kappa shape index (κ1) is 10.8. The van der Waals surface area contributed by atoms with Crippen LogP contribution in [0.1, 0.15) is 40.0 Å². The second kappa shape index (κ2) is 4.05. The van der Waals surface area contributed by atoms with Gasteiger partial charge in [-0.3, -0.25) is 0 Å². The molecular weight excluding hydrogens is 192 g/mol. The first-order valence-electron chi connectivity index (χ1n) is 5.92. The van der Waals surface area contributed by atoms with E-state index >= 15 is 0 Å². The normalized spacial score (nSPS) is 43.7. The summed E-state index contributed by atoms with van der Waals surface area (Å²) in [6.45, 7) is 8.05. The molecule has 1 aliphatic carbocycles. The van der Waals surface area contributed by atoms with Crippen molar-refractivity contribution in [3.8, 4) is 0 Å². The SMILES string of the molecule is CC(C)[C@@H]1CC[C@@H](C)CC12OCCS2. The van der Waals surface area contributed by atoms with Gasteiger partial charge in [-0.25, -0.2) is 0 Å². The van der Waals surface area contributed by atoms with Gasteiger partial charge in [0.05, 0.1) is 6.61 Å². The standard InChI is InChI=1S/C12H22OS/c1-9(2)11-5-4-10(3)8-12(11)13-6-7-14-12/h9-11H,4-8H2,1-3H3/t10-,11+,12?/m1/s1. The molecule has 1 heterocycles. The predicted octanol–water partition coefficient (Wildman–Crippen LogP) is 3.54. The molecule has 1 spiro atoms. The summed E-state index contributed by atoms with van der Waals surface area (Å²) in [5.41, 5.74) is 0. The van der Waals surface area contributed by atoms with Gasteiger partial charge in [0.25, 0.3) is 0 Å². The number of hydrogen-bond donors (Lipinski definition) is 0. The molecule has 14 heavy (non-hydrogen) atoms. The minimum atomic E-state index is 0.200. The maximum Gasteiger partial charge on any atom is 0.117 e. The third kappa shape index (κ3) is 1.83. The Balaban J connectivity index is 2.14. The Morgan fingerprint density at radius 1 is 1.36 bits per heavy atom. The van der Waals surface area contributed by atoms with E-state index in [2.05, 4.69) is 32.5 Å². The Labute approximate surface area is 92.0 Å². The van der Waals surface area contributed by atoms with Crippen LogP contribution in [0.3, 0.4) is 0 Å². The van der Waals surface area contributed by atoms with Crippen molar-refractivity contribution in [2.45, 2.75) is 45.0 Å². The molecule has 0 amide bonds. The number of thioether (sulfide) groups is 1. The zero-order chi connectivity index (χ0) is 10.2. The molecule has 1 nitrogen and oxygen atoms in total. The van der Waals surface area contributed by atoms with Crippen LogP contribution in [0.5, 0.6) is 0 Å². The minimum absolute atomic E-state index is 0.200. The third-order valence-corrected chi connectivity index (χ3v) is 5.20. The number of hydrogen-bond acceptors (Lipinski definition) is 2. The molecule has 0 aromatic heterocycles.